The summed E-state index contributed by atoms with van der Waals surface area (Å²) in [4.78, 5) is 56.8. The summed E-state index contributed by atoms with van der Waals surface area (Å²) in [7, 11) is -0.492. The van der Waals surface area contributed by atoms with Crippen LogP contribution in [0, 0.1) is 29.1 Å². The Kier molecular flexibility index (Phi) is 16.3. The summed E-state index contributed by atoms with van der Waals surface area (Å²) in [5.74, 6) is -1.42. The third kappa shape index (κ3) is 11.3. The van der Waals surface area contributed by atoms with Crippen LogP contribution in [0.1, 0.15) is 130 Å². The number of carbonyl (C=O) groups is 4. The number of nitrogens with zero attached hydrogens (tertiary/aromatic N) is 1. The van der Waals surface area contributed by atoms with Gasteiger partial charge in [0, 0.05) is 31.2 Å². The van der Waals surface area contributed by atoms with Crippen molar-refractivity contribution in [2.75, 3.05) is 19.6 Å². The Morgan fingerprint density at radius 1 is 0.871 bits per heavy atom. The average Bonchev–Trinajstić information content (AvgIpc) is 3.62. The lowest BCUT2D eigenvalue weighted by molar-refractivity contribution is -0.199. The number of ketones is 2. The van der Waals surface area contributed by atoms with Crippen LogP contribution >= 0.6 is 0 Å². The fraction of sp³-hybridized carbons (Fsp3) is 0.680. The predicted octanol–water partition coefficient (Wildman–Crippen LogP) is 7.06. The Hall–Kier alpha value is -3.42. The summed E-state index contributed by atoms with van der Waals surface area (Å²) < 4.78 is 13.1. The van der Waals surface area contributed by atoms with E-state index in [1.807, 2.05) is 6.92 Å². The number of hydrogen-bond acceptors (Lipinski definition) is 9. The number of nitrogens with one attached hydrogen (secondary N) is 2. The molecule has 2 aromatic carbocycles. The largest absolute Gasteiger partial charge is 0.461 e. The van der Waals surface area contributed by atoms with E-state index in [2.05, 4.69) is 91.8 Å². The van der Waals surface area contributed by atoms with E-state index in [0.717, 1.165) is 38.9 Å². The summed E-state index contributed by atoms with van der Waals surface area (Å²) in [5, 5.41) is 16.4. The number of benzene rings is 2. The molecule has 2 bridgehead atoms. The van der Waals surface area contributed by atoms with Gasteiger partial charge in [-0.2, -0.15) is 0 Å². The van der Waals surface area contributed by atoms with E-state index in [9.17, 15) is 24.3 Å². The smallest absolute Gasteiger partial charge is 0.405 e. The fourth-order valence-corrected chi connectivity index (χ4v) is 10.7. The molecule has 2 amide bonds. The molecule has 1 unspecified atom stereocenters. The van der Waals surface area contributed by atoms with Crippen LogP contribution < -0.4 is 16.4 Å². The number of aryl methyl sites for hydroxylation is 1. The van der Waals surface area contributed by atoms with Crippen molar-refractivity contribution in [3.8, 4) is 11.1 Å². The van der Waals surface area contributed by atoms with Gasteiger partial charge in [0.05, 0.1) is 23.9 Å². The van der Waals surface area contributed by atoms with Crippen molar-refractivity contribution < 1.29 is 33.6 Å². The number of aliphatic hydroxyl groups excluding tert-OH is 1. The number of piperidine rings is 1. The third-order valence-corrected chi connectivity index (χ3v) is 15.1. The van der Waals surface area contributed by atoms with E-state index in [4.69, 9.17) is 15.0 Å². The zero-order chi connectivity index (χ0) is 44.8. The molecule has 5 aliphatic rings. The number of hydrogen-bond donors (Lipinski definition) is 4. The standard InChI is InChI=1S/C50H75BN4O7/c1-8-9-12-35-14-18-37(19-15-35)38-20-16-36(17-21-38)31-55-25-22-39(23-26-55)48(60)54-46(34(4)56)43(58)27-32(2)47(59)53-41(13-10-11-24-52)42(57)28-33(3)51-61-45-30-40-29-44(49(40,5)6)50(45,7)62-51/h14-21,32-34,39-41,44-46,56H,8-13,22-31,52H2,1-7H3,(H,53,59)(H,54,60)/t32-,33-,34-,40+,41+,44+,45?,46+,50+/m1/s1. The van der Waals surface area contributed by atoms with Gasteiger partial charge in [-0.1, -0.05) is 89.6 Å². The Morgan fingerprint density at radius 3 is 2.11 bits per heavy atom. The number of Topliss-reactive ketones (excluding diaryl/α,β-unsaturated/α-hetero) is 2. The highest BCUT2D eigenvalue weighted by Crippen LogP contribution is 2.66. The predicted molar refractivity (Wildman–Crippen MR) is 245 cm³/mol. The quantitative estimate of drug-likeness (QED) is 0.0719. The highest BCUT2D eigenvalue weighted by atomic mass is 16.7. The minimum atomic E-state index is -1.14. The summed E-state index contributed by atoms with van der Waals surface area (Å²) in [6.45, 7) is 16.9. The highest BCUT2D eigenvalue weighted by molar-refractivity contribution is 6.47. The van der Waals surface area contributed by atoms with E-state index in [1.54, 1.807) is 6.92 Å². The molecule has 0 aromatic heterocycles. The molecule has 2 saturated heterocycles. The molecule has 9 atom stereocenters. The van der Waals surface area contributed by atoms with Crippen molar-refractivity contribution >= 4 is 30.5 Å². The Morgan fingerprint density at radius 2 is 1.52 bits per heavy atom. The lowest BCUT2D eigenvalue weighted by atomic mass is 9.43. The molecule has 5 N–H and O–H groups in total. The molecule has 0 spiro atoms. The van der Waals surface area contributed by atoms with Gasteiger partial charge in [-0.05, 0) is 137 Å². The maximum Gasteiger partial charge on any atom is 0.461 e. The zero-order valence-corrected chi connectivity index (χ0v) is 38.6. The first-order valence-electron chi connectivity index (χ1n) is 23.8. The normalized spacial score (nSPS) is 25.8. The summed E-state index contributed by atoms with van der Waals surface area (Å²) in [6.07, 6.45) is 7.61. The fourth-order valence-electron chi connectivity index (χ4n) is 10.7. The first kappa shape index (κ1) is 48.1. The van der Waals surface area contributed by atoms with Gasteiger partial charge in [-0.25, -0.2) is 0 Å². The number of nitrogens with two attached hydrogens (primary N) is 1. The van der Waals surface area contributed by atoms with E-state index in [1.165, 1.54) is 42.0 Å². The van der Waals surface area contributed by atoms with Crippen LogP contribution in [-0.2, 0) is 41.5 Å². The molecule has 7 rings (SSSR count). The van der Waals surface area contributed by atoms with Gasteiger partial charge < -0.3 is 30.8 Å². The van der Waals surface area contributed by atoms with Gasteiger partial charge in [0.2, 0.25) is 11.8 Å². The topological polar surface area (TPSA) is 160 Å². The van der Waals surface area contributed by atoms with Crippen molar-refractivity contribution in [2.24, 2.45) is 34.8 Å². The number of amides is 2. The van der Waals surface area contributed by atoms with Crippen LogP contribution in [0.15, 0.2) is 48.5 Å². The molecular formula is C50H75BN4O7. The van der Waals surface area contributed by atoms with Crippen LogP contribution in [0.4, 0.5) is 0 Å². The minimum absolute atomic E-state index is 0.0210. The number of likely N-dealkylation sites (tertiary alicyclic amines) is 1. The van der Waals surface area contributed by atoms with Crippen LogP contribution in [0.25, 0.3) is 11.1 Å². The molecule has 2 aromatic rings. The highest BCUT2D eigenvalue weighted by Gasteiger charge is 2.68. The lowest BCUT2D eigenvalue weighted by Gasteiger charge is -2.64. The number of aliphatic hydroxyl groups is 1. The van der Waals surface area contributed by atoms with E-state index >= 15 is 0 Å². The SMILES string of the molecule is CCCCc1ccc(-c2ccc(CN3CCC(C(=O)N[C@H](C(=O)C[C@@H](C)C(=O)N[C@@H](CCCCN)C(=O)C[C@@H](C)B4OC5C[C@@H]6C[C@@H](C6(C)C)[C@]5(C)O4)[C@@H](C)O)CC3)cc2)cc1. The summed E-state index contributed by atoms with van der Waals surface area (Å²) in [5.41, 5.74) is 10.6. The van der Waals surface area contributed by atoms with Crippen molar-refractivity contribution in [3.05, 3.63) is 59.7 Å². The van der Waals surface area contributed by atoms with Crippen LogP contribution in [-0.4, -0.2) is 90.0 Å². The number of unbranched alkanes of at least 4 members (excludes halogenated alkanes) is 2. The summed E-state index contributed by atoms with van der Waals surface area (Å²) >= 11 is 0. The van der Waals surface area contributed by atoms with Crippen LogP contribution in [0.5, 0.6) is 0 Å². The van der Waals surface area contributed by atoms with Gasteiger partial charge in [-0.15, -0.1) is 0 Å². The van der Waals surface area contributed by atoms with Crippen molar-refractivity contribution in [3.63, 3.8) is 0 Å². The molecular weight excluding hydrogens is 779 g/mol. The first-order valence-corrected chi connectivity index (χ1v) is 23.8. The van der Waals surface area contributed by atoms with Crippen molar-refractivity contribution in [1.82, 2.24) is 15.5 Å². The Labute approximate surface area is 371 Å². The molecule has 62 heavy (non-hydrogen) atoms. The molecule has 5 fully saturated rings. The summed E-state index contributed by atoms with van der Waals surface area (Å²) in [6, 6.07) is 15.7. The molecule has 2 heterocycles. The molecule has 2 aliphatic heterocycles. The molecule has 11 nitrogen and oxygen atoms in total. The second kappa shape index (κ2) is 21.1. The van der Waals surface area contributed by atoms with Crippen LogP contribution in [0.3, 0.4) is 0 Å². The lowest BCUT2D eigenvalue weighted by Crippen LogP contribution is -2.65. The number of carbonyl (C=O) groups excluding carboxylic acids is 4. The Balaban J connectivity index is 0.952. The van der Waals surface area contributed by atoms with E-state index in [-0.39, 0.29) is 53.4 Å². The average molecular weight is 855 g/mol. The van der Waals surface area contributed by atoms with Gasteiger partial charge in [-0.3, -0.25) is 24.1 Å². The van der Waals surface area contributed by atoms with Crippen molar-refractivity contribution in [2.45, 2.75) is 168 Å². The maximum absolute atomic E-state index is 13.8. The van der Waals surface area contributed by atoms with Gasteiger partial charge in [0.15, 0.2) is 11.6 Å². The van der Waals surface area contributed by atoms with Gasteiger partial charge in [0.1, 0.15) is 6.04 Å². The molecule has 3 aliphatic carbocycles. The molecule has 3 saturated carbocycles. The zero-order valence-electron chi connectivity index (χ0n) is 38.6. The van der Waals surface area contributed by atoms with E-state index < -0.39 is 42.9 Å². The first-order chi connectivity index (χ1) is 29.5. The maximum atomic E-state index is 13.8. The number of rotatable bonds is 22. The third-order valence-electron chi connectivity index (χ3n) is 15.1. The molecule has 340 valence electrons. The minimum Gasteiger partial charge on any atom is -0.405 e. The van der Waals surface area contributed by atoms with Gasteiger partial charge in [0.25, 0.3) is 0 Å². The molecule has 12 heteroatoms. The second-order valence-corrected chi connectivity index (χ2v) is 20.2. The van der Waals surface area contributed by atoms with E-state index in [0.29, 0.717) is 50.5 Å². The van der Waals surface area contributed by atoms with Gasteiger partial charge >= 0.3 is 7.12 Å². The van der Waals surface area contributed by atoms with Crippen molar-refractivity contribution in [1.29, 1.82) is 0 Å². The van der Waals surface area contributed by atoms with Crippen LogP contribution in [0.2, 0.25) is 5.82 Å². The monoisotopic (exact) mass is 855 g/mol. The Bertz CT molecular complexity index is 1830. The second-order valence-electron chi connectivity index (χ2n) is 20.2. The molecule has 0 radical (unpaired) electrons.